The molecule has 228 valence electrons. The van der Waals surface area contributed by atoms with Crippen LogP contribution in [0.25, 0.3) is 22.1 Å². The molecule has 4 aromatic rings. The summed E-state index contributed by atoms with van der Waals surface area (Å²) in [5.74, 6) is 1.66. The predicted octanol–water partition coefficient (Wildman–Crippen LogP) is -6.15. The number of aliphatic hydroxyl groups excluding tert-OH is 2. The molecule has 0 fully saturated rings. The zero-order valence-electron chi connectivity index (χ0n) is 23.2. The Hall–Kier alpha value is -2.18. The van der Waals surface area contributed by atoms with Gasteiger partial charge in [-0.25, -0.2) is 47.2 Å². The fourth-order valence-corrected chi connectivity index (χ4v) is 2.96. The van der Waals surface area contributed by atoms with Gasteiger partial charge >= 0.3 is 27.3 Å². The van der Waals surface area contributed by atoms with E-state index in [9.17, 15) is 0 Å². The Morgan fingerprint density at radius 2 is 0.929 bits per heavy atom. The van der Waals surface area contributed by atoms with Gasteiger partial charge in [-0.05, 0) is 44.5 Å². The van der Waals surface area contributed by atoms with E-state index in [0.717, 1.165) is 78.9 Å². The SMILES string of the molecule is CC(=NCCCN=C(C)c1nc2ccccc2[nH]1)c1nc2ccccc2[nH]1.CO.CO.[Cd+2].[O-][Cl+3]([O-])([O-])[O-].[O-][Cl+3]([O-])([O-])[O-]. The number of nitrogens with one attached hydrogen (secondary N) is 2. The first kappa shape index (κ1) is 42.0. The first-order chi connectivity index (χ1) is 19.2. The summed E-state index contributed by atoms with van der Waals surface area (Å²) in [6, 6.07) is 16.0. The maximum Gasteiger partial charge on any atom is 2.00 e. The number of para-hydroxylation sites is 4. The van der Waals surface area contributed by atoms with Gasteiger partial charge in [0.1, 0.15) is 0 Å². The third kappa shape index (κ3) is 19.1. The molecule has 0 aliphatic heterocycles. The number of aromatic nitrogens is 4. The minimum absolute atomic E-state index is 0. The van der Waals surface area contributed by atoms with Crippen LogP contribution >= 0.6 is 0 Å². The normalized spacial score (nSPS) is 11.5. The zero-order valence-corrected chi connectivity index (χ0v) is 28.7. The molecular formula is C23H30CdCl2N6O10. The van der Waals surface area contributed by atoms with Gasteiger partial charge in [0.2, 0.25) is 0 Å². The maximum atomic E-state index is 8.49. The molecule has 4 N–H and O–H groups in total. The Bertz CT molecular complexity index is 1180. The molecule has 0 unspecified atom stereocenters. The van der Waals surface area contributed by atoms with E-state index >= 15 is 0 Å². The number of aliphatic imine (C=N–C) groups is 2. The number of rotatable bonds is 6. The number of fused-ring (bicyclic) bond motifs is 2. The molecule has 0 saturated heterocycles. The van der Waals surface area contributed by atoms with Gasteiger partial charge in [-0.1, -0.05) is 24.3 Å². The smallest absolute Gasteiger partial charge is 0.400 e. The number of hydrogen-bond donors (Lipinski definition) is 4. The van der Waals surface area contributed by atoms with Crippen molar-refractivity contribution in [1.29, 1.82) is 0 Å². The van der Waals surface area contributed by atoms with Gasteiger partial charge in [0, 0.05) is 27.3 Å². The van der Waals surface area contributed by atoms with Gasteiger partial charge in [0.25, 0.3) is 0 Å². The first-order valence-electron chi connectivity index (χ1n) is 11.3. The quantitative estimate of drug-likeness (QED) is 0.0818. The monoisotopic (exact) mass is 734 g/mol. The summed E-state index contributed by atoms with van der Waals surface area (Å²) in [6.45, 7) is 5.42. The molecular weight excluding hydrogens is 704 g/mol. The zero-order chi connectivity index (χ0) is 31.6. The van der Waals surface area contributed by atoms with E-state index in [4.69, 9.17) is 47.5 Å². The maximum absolute atomic E-state index is 8.49. The molecule has 0 radical (unpaired) electrons. The fraction of sp³-hybridized carbons (Fsp3) is 0.304. The molecule has 2 heterocycles. The number of imidazole rings is 2. The van der Waals surface area contributed by atoms with Crippen LogP contribution < -0.4 is 37.3 Å². The van der Waals surface area contributed by atoms with Gasteiger partial charge in [-0.3, -0.25) is 9.98 Å². The van der Waals surface area contributed by atoms with Gasteiger partial charge in [0.05, 0.1) is 33.5 Å². The van der Waals surface area contributed by atoms with Crippen LogP contribution in [0.4, 0.5) is 0 Å². The average Bonchev–Trinajstić information content (AvgIpc) is 3.53. The van der Waals surface area contributed by atoms with Crippen LogP contribution in [0.5, 0.6) is 0 Å². The summed E-state index contributed by atoms with van der Waals surface area (Å²) in [6.07, 6.45) is 0.884. The van der Waals surface area contributed by atoms with Gasteiger partial charge in [0.15, 0.2) is 11.6 Å². The molecule has 0 aliphatic carbocycles. The molecule has 0 saturated carbocycles. The van der Waals surface area contributed by atoms with Gasteiger partial charge in [-0.15, -0.1) is 20.5 Å². The van der Waals surface area contributed by atoms with Crippen LogP contribution in [-0.4, -0.2) is 68.9 Å². The molecule has 0 aliphatic rings. The van der Waals surface area contributed by atoms with Crippen molar-refractivity contribution in [1.82, 2.24) is 19.9 Å². The number of benzene rings is 2. The molecule has 2 aromatic carbocycles. The number of aliphatic hydroxyl groups is 2. The van der Waals surface area contributed by atoms with Crippen molar-refractivity contribution < 1.29 is 95.3 Å². The standard InChI is InChI=1S/C21H22N6.2CH4O.Cd.2ClHO4/c1-14(20-24-16-8-3-4-9-17(16)25-20)22-12-7-13-23-15(2)21-26-18-10-5-6-11-19(18)27-21;2*1-2;;2*2-1(3,4)5/h3-6,8-11H,7,12-13H2,1-2H3,(H,24,25)(H,26,27);2*2H,1H3;;2*(H,2,3,4,5)/q;;;+2;;/p-2. The Balaban J connectivity index is 0. The van der Waals surface area contributed by atoms with Crippen LogP contribution in [0, 0.1) is 20.5 Å². The van der Waals surface area contributed by atoms with E-state index < -0.39 is 20.5 Å². The van der Waals surface area contributed by atoms with E-state index in [1.807, 2.05) is 62.4 Å². The third-order valence-electron chi connectivity index (χ3n) is 4.48. The van der Waals surface area contributed by atoms with Crippen LogP contribution in [-0.2, 0) is 27.3 Å². The number of H-pyrrole nitrogens is 2. The number of nitrogens with zero attached hydrogens (tertiary/aromatic N) is 4. The second-order valence-electron chi connectivity index (χ2n) is 7.25. The van der Waals surface area contributed by atoms with Crippen LogP contribution in [0.3, 0.4) is 0 Å². The summed E-state index contributed by atoms with van der Waals surface area (Å²) >= 11 is 0. The fourth-order valence-electron chi connectivity index (χ4n) is 2.96. The number of hydrogen-bond acceptors (Lipinski definition) is 14. The Kier molecular flexibility index (Phi) is 21.5. The summed E-state index contributed by atoms with van der Waals surface area (Å²) in [5.41, 5.74) is 5.84. The Morgan fingerprint density at radius 3 is 1.21 bits per heavy atom. The second kappa shape index (κ2) is 21.5. The minimum atomic E-state index is -4.94. The van der Waals surface area contributed by atoms with Gasteiger partial charge in [-0.2, -0.15) is 0 Å². The van der Waals surface area contributed by atoms with Crippen molar-refractivity contribution >= 4 is 33.5 Å². The second-order valence-corrected chi connectivity index (χ2v) is 8.76. The molecule has 2 aromatic heterocycles. The van der Waals surface area contributed by atoms with Crippen molar-refractivity contribution in [2.45, 2.75) is 20.3 Å². The van der Waals surface area contributed by atoms with E-state index in [1.165, 1.54) is 0 Å². The molecule has 4 rings (SSSR count). The first-order valence-corrected chi connectivity index (χ1v) is 13.7. The van der Waals surface area contributed by atoms with Crippen LogP contribution in [0.1, 0.15) is 31.9 Å². The van der Waals surface area contributed by atoms with Crippen LogP contribution in [0.15, 0.2) is 58.5 Å². The topological polar surface area (TPSA) is 307 Å². The molecule has 16 nitrogen and oxygen atoms in total. The molecule has 42 heavy (non-hydrogen) atoms. The molecule has 19 heteroatoms. The van der Waals surface area contributed by atoms with Crippen molar-refractivity contribution in [2.75, 3.05) is 27.3 Å². The third-order valence-corrected chi connectivity index (χ3v) is 4.48. The number of aromatic amines is 2. The molecule has 0 spiro atoms. The van der Waals surface area contributed by atoms with Gasteiger partial charge < -0.3 is 20.2 Å². The summed E-state index contributed by atoms with van der Waals surface area (Å²) in [5, 5.41) is 14.0. The predicted molar refractivity (Wildman–Crippen MR) is 127 cm³/mol. The average molecular weight is 734 g/mol. The summed E-state index contributed by atoms with van der Waals surface area (Å²) < 4.78 is 67.9. The molecule has 0 bridgehead atoms. The Morgan fingerprint density at radius 1 is 0.643 bits per heavy atom. The summed E-state index contributed by atoms with van der Waals surface area (Å²) in [7, 11) is -7.89. The number of halogens is 2. The van der Waals surface area contributed by atoms with E-state index in [1.54, 1.807) is 0 Å². The molecule has 0 atom stereocenters. The van der Waals surface area contributed by atoms with Crippen molar-refractivity contribution in [3.63, 3.8) is 0 Å². The van der Waals surface area contributed by atoms with Crippen molar-refractivity contribution in [3.8, 4) is 0 Å². The Labute approximate surface area is 265 Å². The van der Waals surface area contributed by atoms with E-state index in [0.29, 0.717) is 0 Å². The van der Waals surface area contributed by atoms with Crippen LogP contribution in [0.2, 0.25) is 0 Å². The van der Waals surface area contributed by atoms with E-state index in [-0.39, 0.29) is 27.3 Å². The summed E-state index contributed by atoms with van der Waals surface area (Å²) in [4.78, 5) is 25.0. The largest absolute Gasteiger partial charge is 2.00 e. The van der Waals surface area contributed by atoms with Crippen molar-refractivity contribution in [2.24, 2.45) is 9.98 Å². The van der Waals surface area contributed by atoms with E-state index in [2.05, 4.69) is 29.9 Å². The van der Waals surface area contributed by atoms with Crippen molar-refractivity contribution in [3.05, 3.63) is 60.2 Å². The minimum Gasteiger partial charge on any atom is -0.400 e. The molecule has 0 amide bonds.